The van der Waals surface area contributed by atoms with Gasteiger partial charge in [0.05, 0.1) is 19.3 Å². The van der Waals surface area contributed by atoms with Crippen LogP contribution < -0.4 is 10.2 Å². The van der Waals surface area contributed by atoms with Gasteiger partial charge >= 0.3 is 0 Å². The van der Waals surface area contributed by atoms with Gasteiger partial charge in [-0.25, -0.2) is 0 Å². The van der Waals surface area contributed by atoms with Crippen LogP contribution in [0.4, 0.5) is 11.4 Å². The van der Waals surface area contributed by atoms with E-state index in [4.69, 9.17) is 4.74 Å². The lowest BCUT2D eigenvalue weighted by Gasteiger charge is -2.37. The SMILES string of the molecule is Cc1ccccc1CN1CCN([C@H](C)C(=O)Nc2ccc(N3CCOCC3)cc2)CC1. The maximum absolute atomic E-state index is 12.8. The topological polar surface area (TPSA) is 48.0 Å². The van der Waals surface area contributed by atoms with Gasteiger partial charge in [-0.05, 0) is 49.2 Å². The minimum Gasteiger partial charge on any atom is -0.378 e. The molecular formula is C25H34N4O2. The zero-order chi connectivity index (χ0) is 21.6. The standard InChI is InChI=1S/C25H34N4O2/c1-20-5-3-4-6-22(20)19-27-11-13-28(14-12-27)21(2)25(30)26-23-7-9-24(10-8-23)29-15-17-31-18-16-29/h3-10,21H,11-19H2,1-2H3,(H,26,30)/t21-/m1/s1. The van der Waals surface area contributed by atoms with Crippen molar-refractivity contribution in [2.45, 2.75) is 26.4 Å². The van der Waals surface area contributed by atoms with Crippen molar-refractivity contribution in [1.82, 2.24) is 9.80 Å². The molecule has 6 nitrogen and oxygen atoms in total. The van der Waals surface area contributed by atoms with Crippen LogP contribution in [0.1, 0.15) is 18.1 Å². The number of ether oxygens (including phenoxy) is 1. The van der Waals surface area contributed by atoms with E-state index in [1.807, 2.05) is 19.1 Å². The largest absolute Gasteiger partial charge is 0.378 e. The second-order valence-electron chi connectivity index (χ2n) is 8.55. The third kappa shape index (κ3) is 5.64. The van der Waals surface area contributed by atoms with E-state index in [1.54, 1.807) is 0 Å². The molecule has 0 unspecified atom stereocenters. The van der Waals surface area contributed by atoms with Crippen LogP contribution in [0, 0.1) is 6.92 Å². The van der Waals surface area contributed by atoms with Gasteiger partial charge in [0.2, 0.25) is 5.91 Å². The van der Waals surface area contributed by atoms with Crippen molar-refractivity contribution in [3.05, 3.63) is 59.7 Å². The van der Waals surface area contributed by atoms with Gasteiger partial charge in [-0.3, -0.25) is 14.6 Å². The molecule has 31 heavy (non-hydrogen) atoms. The van der Waals surface area contributed by atoms with E-state index in [2.05, 4.69) is 63.3 Å². The molecule has 0 aliphatic carbocycles. The molecule has 2 fully saturated rings. The van der Waals surface area contributed by atoms with Crippen LogP contribution in [-0.4, -0.2) is 74.2 Å². The van der Waals surface area contributed by atoms with E-state index >= 15 is 0 Å². The minimum atomic E-state index is -0.139. The Morgan fingerprint density at radius 1 is 0.968 bits per heavy atom. The number of rotatable bonds is 6. The van der Waals surface area contributed by atoms with Crippen LogP contribution in [0.5, 0.6) is 0 Å². The van der Waals surface area contributed by atoms with Crippen molar-refractivity contribution < 1.29 is 9.53 Å². The first-order valence-electron chi connectivity index (χ1n) is 11.3. The highest BCUT2D eigenvalue weighted by molar-refractivity contribution is 5.94. The van der Waals surface area contributed by atoms with Crippen molar-refractivity contribution in [3.63, 3.8) is 0 Å². The van der Waals surface area contributed by atoms with Crippen LogP contribution >= 0.6 is 0 Å². The van der Waals surface area contributed by atoms with Crippen molar-refractivity contribution >= 4 is 17.3 Å². The number of carbonyl (C=O) groups is 1. The van der Waals surface area contributed by atoms with Gasteiger partial charge in [0.25, 0.3) is 0 Å². The maximum Gasteiger partial charge on any atom is 0.241 e. The molecular weight excluding hydrogens is 388 g/mol. The van der Waals surface area contributed by atoms with Crippen molar-refractivity contribution in [3.8, 4) is 0 Å². The number of amides is 1. The summed E-state index contributed by atoms with van der Waals surface area (Å²) in [5, 5.41) is 3.09. The van der Waals surface area contributed by atoms with Crippen LogP contribution in [0.3, 0.4) is 0 Å². The Kier molecular flexibility index (Phi) is 7.22. The fraction of sp³-hybridized carbons (Fsp3) is 0.480. The molecule has 1 atom stereocenters. The maximum atomic E-state index is 12.8. The molecule has 0 spiro atoms. The number of hydrogen-bond donors (Lipinski definition) is 1. The van der Waals surface area contributed by atoms with E-state index < -0.39 is 0 Å². The second-order valence-corrected chi connectivity index (χ2v) is 8.55. The Balaban J connectivity index is 1.25. The number of nitrogens with one attached hydrogen (secondary N) is 1. The highest BCUT2D eigenvalue weighted by Crippen LogP contribution is 2.20. The highest BCUT2D eigenvalue weighted by Gasteiger charge is 2.26. The molecule has 0 bridgehead atoms. The van der Waals surface area contributed by atoms with E-state index in [0.717, 1.165) is 64.7 Å². The molecule has 4 rings (SSSR count). The molecule has 2 aromatic carbocycles. The molecule has 6 heteroatoms. The minimum absolute atomic E-state index is 0.0616. The van der Waals surface area contributed by atoms with Gasteiger partial charge in [0.15, 0.2) is 0 Å². The molecule has 0 radical (unpaired) electrons. The van der Waals surface area contributed by atoms with Gasteiger partial charge in [0.1, 0.15) is 0 Å². The summed E-state index contributed by atoms with van der Waals surface area (Å²) in [5.41, 5.74) is 4.77. The fourth-order valence-electron chi connectivity index (χ4n) is 4.33. The number of aryl methyl sites for hydroxylation is 1. The van der Waals surface area contributed by atoms with E-state index in [9.17, 15) is 4.79 Å². The summed E-state index contributed by atoms with van der Waals surface area (Å²) in [7, 11) is 0. The summed E-state index contributed by atoms with van der Waals surface area (Å²) < 4.78 is 5.42. The molecule has 1 amide bonds. The summed E-state index contributed by atoms with van der Waals surface area (Å²) >= 11 is 0. The average molecular weight is 423 g/mol. The number of morpholine rings is 1. The summed E-state index contributed by atoms with van der Waals surface area (Å²) in [5.74, 6) is 0.0616. The number of carbonyl (C=O) groups excluding carboxylic acids is 1. The van der Waals surface area contributed by atoms with Crippen LogP contribution in [0.2, 0.25) is 0 Å². The molecule has 166 valence electrons. The van der Waals surface area contributed by atoms with Crippen molar-refractivity contribution in [1.29, 1.82) is 0 Å². The first-order valence-corrected chi connectivity index (χ1v) is 11.3. The molecule has 0 aromatic heterocycles. The number of nitrogens with zero attached hydrogens (tertiary/aromatic N) is 3. The van der Waals surface area contributed by atoms with E-state index in [1.165, 1.54) is 16.8 Å². The van der Waals surface area contributed by atoms with Crippen molar-refractivity contribution in [2.75, 3.05) is 62.7 Å². The molecule has 0 saturated carbocycles. The quantitative estimate of drug-likeness (QED) is 0.776. The lowest BCUT2D eigenvalue weighted by Crippen LogP contribution is -2.52. The smallest absolute Gasteiger partial charge is 0.241 e. The third-order valence-corrected chi connectivity index (χ3v) is 6.50. The Labute approximate surface area is 185 Å². The molecule has 2 heterocycles. The van der Waals surface area contributed by atoms with E-state index in [0.29, 0.717) is 0 Å². The monoisotopic (exact) mass is 422 g/mol. The predicted octanol–water partition coefficient (Wildman–Crippen LogP) is 2.98. The van der Waals surface area contributed by atoms with Gasteiger partial charge in [-0.1, -0.05) is 24.3 Å². The summed E-state index contributed by atoms with van der Waals surface area (Å²) in [4.78, 5) is 19.9. The highest BCUT2D eigenvalue weighted by atomic mass is 16.5. The second kappa shape index (κ2) is 10.3. The molecule has 2 saturated heterocycles. The third-order valence-electron chi connectivity index (χ3n) is 6.50. The zero-order valence-electron chi connectivity index (χ0n) is 18.7. The summed E-state index contributed by atoms with van der Waals surface area (Å²) in [6, 6.07) is 16.6. The molecule has 2 aromatic rings. The normalized spacial score (nSPS) is 19.2. The number of benzene rings is 2. The zero-order valence-corrected chi connectivity index (χ0v) is 18.7. The molecule has 2 aliphatic rings. The Morgan fingerprint density at radius 3 is 2.32 bits per heavy atom. The number of anilines is 2. The van der Waals surface area contributed by atoms with Crippen molar-refractivity contribution in [2.24, 2.45) is 0 Å². The number of hydrogen-bond acceptors (Lipinski definition) is 5. The Morgan fingerprint density at radius 2 is 1.65 bits per heavy atom. The lowest BCUT2D eigenvalue weighted by atomic mass is 10.1. The van der Waals surface area contributed by atoms with Crippen LogP contribution in [-0.2, 0) is 16.1 Å². The average Bonchev–Trinajstić information content (AvgIpc) is 2.81. The summed E-state index contributed by atoms with van der Waals surface area (Å²) in [6.45, 7) is 12.3. The fourth-order valence-corrected chi connectivity index (χ4v) is 4.33. The first-order chi connectivity index (χ1) is 15.1. The Bertz CT molecular complexity index is 856. The van der Waals surface area contributed by atoms with Gasteiger partial charge in [-0.2, -0.15) is 0 Å². The molecule has 2 aliphatic heterocycles. The summed E-state index contributed by atoms with van der Waals surface area (Å²) in [6.07, 6.45) is 0. The van der Waals surface area contributed by atoms with Crippen LogP contribution in [0.15, 0.2) is 48.5 Å². The molecule has 1 N–H and O–H groups in total. The first kappa shape index (κ1) is 21.8. The van der Waals surface area contributed by atoms with Gasteiger partial charge in [0, 0.05) is 57.2 Å². The van der Waals surface area contributed by atoms with Gasteiger partial charge in [-0.15, -0.1) is 0 Å². The predicted molar refractivity (Wildman–Crippen MR) is 126 cm³/mol. The Hall–Kier alpha value is -2.41. The lowest BCUT2D eigenvalue weighted by molar-refractivity contribution is -0.121. The van der Waals surface area contributed by atoms with Gasteiger partial charge < -0.3 is 15.0 Å². The van der Waals surface area contributed by atoms with E-state index in [-0.39, 0.29) is 11.9 Å². The van der Waals surface area contributed by atoms with Crippen LogP contribution in [0.25, 0.3) is 0 Å². The number of piperazine rings is 1.